The maximum Gasteiger partial charge on any atom is 0.250 e. The van der Waals surface area contributed by atoms with Gasteiger partial charge in [0.25, 0.3) is 5.91 Å². The van der Waals surface area contributed by atoms with Gasteiger partial charge in [-0.3, -0.25) is 4.79 Å². The molecule has 1 aromatic rings. The smallest absolute Gasteiger partial charge is 0.250 e. The Morgan fingerprint density at radius 3 is 2.87 bits per heavy atom. The first kappa shape index (κ1) is 11.3. The molecule has 1 amide bonds. The van der Waals surface area contributed by atoms with Gasteiger partial charge in [0.1, 0.15) is 5.75 Å². The standard InChI is InChI=1S/C12H15NO2/c1-3-5-9(2)12(15)13-10-6-4-7-11(14)8-10/h4-8,14H,3H2,1-2H3,(H,13,15)/b9-5+. The zero-order valence-electron chi connectivity index (χ0n) is 8.95. The first-order valence-electron chi connectivity index (χ1n) is 4.90. The van der Waals surface area contributed by atoms with Crippen molar-refractivity contribution in [1.82, 2.24) is 0 Å². The summed E-state index contributed by atoms with van der Waals surface area (Å²) in [6.45, 7) is 3.74. The molecule has 1 aromatic carbocycles. The summed E-state index contributed by atoms with van der Waals surface area (Å²) in [5, 5.41) is 11.9. The maximum atomic E-state index is 11.6. The number of hydrogen-bond acceptors (Lipinski definition) is 2. The highest BCUT2D eigenvalue weighted by molar-refractivity contribution is 6.03. The van der Waals surface area contributed by atoms with E-state index in [1.54, 1.807) is 25.1 Å². The molecule has 0 fully saturated rings. The summed E-state index contributed by atoms with van der Waals surface area (Å²) in [4.78, 5) is 11.6. The van der Waals surface area contributed by atoms with Crippen LogP contribution in [0.3, 0.4) is 0 Å². The van der Waals surface area contributed by atoms with Crippen LogP contribution >= 0.6 is 0 Å². The van der Waals surface area contributed by atoms with Gasteiger partial charge < -0.3 is 10.4 Å². The number of phenolic OH excluding ortho intramolecular Hbond substituents is 1. The van der Waals surface area contributed by atoms with Crippen LogP contribution in [0.1, 0.15) is 20.3 Å². The maximum absolute atomic E-state index is 11.6. The summed E-state index contributed by atoms with van der Waals surface area (Å²) < 4.78 is 0. The van der Waals surface area contributed by atoms with Gasteiger partial charge in [-0.05, 0) is 25.5 Å². The van der Waals surface area contributed by atoms with E-state index >= 15 is 0 Å². The van der Waals surface area contributed by atoms with Gasteiger partial charge in [0.2, 0.25) is 0 Å². The van der Waals surface area contributed by atoms with Gasteiger partial charge in [0.15, 0.2) is 0 Å². The van der Waals surface area contributed by atoms with Crippen molar-refractivity contribution in [3.05, 3.63) is 35.9 Å². The van der Waals surface area contributed by atoms with Crippen molar-refractivity contribution in [2.45, 2.75) is 20.3 Å². The van der Waals surface area contributed by atoms with Crippen LogP contribution in [0, 0.1) is 0 Å². The molecule has 0 aliphatic heterocycles. The quantitative estimate of drug-likeness (QED) is 0.745. The Morgan fingerprint density at radius 2 is 2.27 bits per heavy atom. The van der Waals surface area contributed by atoms with E-state index in [0.29, 0.717) is 11.3 Å². The number of carbonyl (C=O) groups is 1. The number of rotatable bonds is 3. The molecule has 0 aliphatic carbocycles. The van der Waals surface area contributed by atoms with Crippen molar-refractivity contribution >= 4 is 11.6 Å². The molecule has 0 spiro atoms. The summed E-state index contributed by atoms with van der Waals surface area (Å²) in [7, 11) is 0. The Kier molecular flexibility index (Phi) is 3.92. The van der Waals surface area contributed by atoms with Gasteiger partial charge >= 0.3 is 0 Å². The molecule has 3 heteroatoms. The van der Waals surface area contributed by atoms with Crippen LogP contribution in [-0.2, 0) is 4.79 Å². The zero-order chi connectivity index (χ0) is 11.3. The summed E-state index contributed by atoms with van der Waals surface area (Å²) in [6, 6.07) is 6.49. The van der Waals surface area contributed by atoms with Crippen LogP contribution in [0.5, 0.6) is 5.75 Å². The third-order valence-corrected chi connectivity index (χ3v) is 1.97. The van der Waals surface area contributed by atoms with E-state index in [9.17, 15) is 9.90 Å². The summed E-state index contributed by atoms with van der Waals surface area (Å²) >= 11 is 0. The molecule has 0 heterocycles. The molecule has 80 valence electrons. The fourth-order valence-electron chi connectivity index (χ4n) is 1.21. The fraction of sp³-hybridized carbons (Fsp3) is 0.250. The third kappa shape index (κ3) is 3.46. The van der Waals surface area contributed by atoms with Crippen LogP contribution in [0.2, 0.25) is 0 Å². The van der Waals surface area contributed by atoms with Crippen LogP contribution in [0.15, 0.2) is 35.9 Å². The van der Waals surface area contributed by atoms with Gasteiger partial charge in [-0.25, -0.2) is 0 Å². The van der Waals surface area contributed by atoms with Crippen molar-refractivity contribution in [3.63, 3.8) is 0 Å². The van der Waals surface area contributed by atoms with Gasteiger partial charge in [-0.1, -0.05) is 19.1 Å². The number of allylic oxidation sites excluding steroid dienone is 1. The zero-order valence-corrected chi connectivity index (χ0v) is 8.95. The largest absolute Gasteiger partial charge is 0.508 e. The summed E-state index contributed by atoms with van der Waals surface area (Å²) in [5.41, 5.74) is 1.28. The lowest BCUT2D eigenvalue weighted by molar-refractivity contribution is -0.112. The van der Waals surface area contributed by atoms with Gasteiger partial charge in [0, 0.05) is 17.3 Å². The highest BCUT2D eigenvalue weighted by Crippen LogP contribution is 2.15. The summed E-state index contributed by atoms with van der Waals surface area (Å²) in [6.07, 6.45) is 2.69. The molecule has 0 radical (unpaired) electrons. The number of carbonyl (C=O) groups excluding carboxylic acids is 1. The number of amides is 1. The second-order valence-electron chi connectivity index (χ2n) is 3.30. The van der Waals surface area contributed by atoms with E-state index in [-0.39, 0.29) is 11.7 Å². The lowest BCUT2D eigenvalue weighted by Crippen LogP contribution is -2.12. The molecule has 0 unspecified atom stereocenters. The average molecular weight is 205 g/mol. The first-order chi connectivity index (χ1) is 7.13. The molecule has 0 aromatic heterocycles. The SMILES string of the molecule is CC/C=C(\C)C(=O)Nc1cccc(O)c1. The van der Waals surface area contributed by atoms with E-state index in [4.69, 9.17) is 0 Å². The minimum absolute atomic E-state index is 0.137. The van der Waals surface area contributed by atoms with E-state index in [0.717, 1.165) is 6.42 Å². The Morgan fingerprint density at radius 1 is 1.53 bits per heavy atom. The number of anilines is 1. The molecular formula is C12H15NO2. The average Bonchev–Trinajstić information content (AvgIpc) is 2.18. The molecule has 0 atom stereocenters. The van der Waals surface area contributed by atoms with Gasteiger partial charge in [-0.15, -0.1) is 0 Å². The molecular weight excluding hydrogens is 190 g/mol. The van der Waals surface area contributed by atoms with Crippen LogP contribution in [0.25, 0.3) is 0 Å². The predicted molar refractivity (Wildman–Crippen MR) is 60.8 cm³/mol. The minimum atomic E-state index is -0.137. The lowest BCUT2D eigenvalue weighted by Gasteiger charge is -2.05. The van der Waals surface area contributed by atoms with Crippen molar-refractivity contribution in [2.75, 3.05) is 5.32 Å². The predicted octanol–water partition coefficient (Wildman–Crippen LogP) is 2.69. The third-order valence-electron chi connectivity index (χ3n) is 1.97. The normalized spacial score (nSPS) is 11.2. The Bertz CT molecular complexity index is 383. The highest BCUT2D eigenvalue weighted by atomic mass is 16.3. The Hall–Kier alpha value is -1.77. The summed E-state index contributed by atoms with van der Waals surface area (Å²) in [5.74, 6) is 0.00683. The minimum Gasteiger partial charge on any atom is -0.508 e. The van der Waals surface area contributed by atoms with Crippen LogP contribution in [0.4, 0.5) is 5.69 Å². The van der Waals surface area contributed by atoms with Crippen molar-refractivity contribution in [2.24, 2.45) is 0 Å². The molecule has 2 N–H and O–H groups in total. The fourth-order valence-corrected chi connectivity index (χ4v) is 1.21. The van der Waals surface area contributed by atoms with Crippen molar-refractivity contribution in [1.29, 1.82) is 0 Å². The number of benzene rings is 1. The molecule has 0 aliphatic rings. The van der Waals surface area contributed by atoms with Crippen LogP contribution in [-0.4, -0.2) is 11.0 Å². The Balaban J connectivity index is 2.70. The molecule has 0 saturated heterocycles. The molecule has 1 rings (SSSR count). The number of phenols is 1. The van der Waals surface area contributed by atoms with Crippen molar-refractivity contribution < 1.29 is 9.90 Å². The van der Waals surface area contributed by atoms with E-state index in [1.165, 1.54) is 6.07 Å². The first-order valence-corrected chi connectivity index (χ1v) is 4.90. The number of nitrogens with one attached hydrogen (secondary N) is 1. The molecule has 3 nitrogen and oxygen atoms in total. The second-order valence-corrected chi connectivity index (χ2v) is 3.30. The van der Waals surface area contributed by atoms with Crippen molar-refractivity contribution in [3.8, 4) is 5.75 Å². The number of aromatic hydroxyl groups is 1. The van der Waals surface area contributed by atoms with Gasteiger partial charge in [-0.2, -0.15) is 0 Å². The number of hydrogen-bond donors (Lipinski definition) is 2. The monoisotopic (exact) mass is 205 g/mol. The molecule has 0 bridgehead atoms. The molecule has 15 heavy (non-hydrogen) atoms. The van der Waals surface area contributed by atoms with E-state index in [2.05, 4.69) is 5.32 Å². The lowest BCUT2D eigenvalue weighted by atomic mass is 10.2. The highest BCUT2D eigenvalue weighted by Gasteiger charge is 2.03. The Labute approximate surface area is 89.4 Å². The van der Waals surface area contributed by atoms with E-state index in [1.807, 2.05) is 13.0 Å². The van der Waals surface area contributed by atoms with Gasteiger partial charge in [0.05, 0.1) is 0 Å². The van der Waals surface area contributed by atoms with E-state index < -0.39 is 0 Å². The second kappa shape index (κ2) is 5.20. The molecule has 0 saturated carbocycles. The topological polar surface area (TPSA) is 49.3 Å². The van der Waals surface area contributed by atoms with Crippen LogP contribution < -0.4 is 5.32 Å².